The molecule has 0 radical (unpaired) electrons. The molecule has 5 rings (SSSR count). The summed E-state index contributed by atoms with van der Waals surface area (Å²) in [6, 6.07) is 6.86. The molecule has 0 aliphatic carbocycles. The van der Waals surface area contributed by atoms with E-state index in [2.05, 4.69) is 32.0 Å². The first-order valence-corrected chi connectivity index (χ1v) is 12.0. The van der Waals surface area contributed by atoms with Crippen molar-refractivity contribution in [1.29, 1.82) is 5.26 Å². The van der Waals surface area contributed by atoms with Gasteiger partial charge in [-0.2, -0.15) is 10.2 Å². The number of anilines is 1. The second-order valence-corrected chi connectivity index (χ2v) is 9.68. The summed E-state index contributed by atoms with van der Waals surface area (Å²) in [5.74, 6) is 0.861. The fraction of sp³-hybridized carbons (Fsp3) is 0.435. The van der Waals surface area contributed by atoms with Crippen LogP contribution in [0.4, 0.5) is 10.4 Å². The van der Waals surface area contributed by atoms with Gasteiger partial charge in [-0.15, -0.1) is 5.10 Å². The largest absolute Gasteiger partial charge is 0.466 e. The smallest absolute Gasteiger partial charge is 0.324 e. The van der Waals surface area contributed by atoms with Crippen LogP contribution in [0.15, 0.2) is 28.9 Å². The van der Waals surface area contributed by atoms with Crippen LogP contribution in [-0.4, -0.2) is 43.9 Å². The third-order valence-corrected chi connectivity index (χ3v) is 6.92. The topological polar surface area (TPSA) is 105 Å². The highest BCUT2D eigenvalue weighted by molar-refractivity contribution is 7.18. The van der Waals surface area contributed by atoms with Crippen LogP contribution in [0.3, 0.4) is 0 Å². The summed E-state index contributed by atoms with van der Waals surface area (Å²) < 4.78 is 27.5. The predicted octanol–water partition coefficient (Wildman–Crippen LogP) is 4.66. The van der Waals surface area contributed by atoms with E-state index in [1.807, 2.05) is 19.9 Å². The van der Waals surface area contributed by atoms with Crippen molar-refractivity contribution in [3.63, 3.8) is 0 Å². The van der Waals surface area contributed by atoms with Crippen molar-refractivity contribution in [2.24, 2.45) is 5.92 Å². The SMILES string of the molecule is CC(C)c1noc(N2CCC([C@H](C)Oc3nn4cc(-c5ccc(C#N)cc5F)nc4s3)CC2)n1. The molecule has 0 spiro atoms. The first-order chi connectivity index (χ1) is 16.4. The van der Waals surface area contributed by atoms with E-state index in [0.717, 1.165) is 31.8 Å². The molecule has 0 amide bonds. The van der Waals surface area contributed by atoms with Gasteiger partial charge in [-0.3, -0.25) is 0 Å². The Morgan fingerprint density at radius 3 is 2.68 bits per heavy atom. The fourth-order valence-corrected chi connectivity index (χ4v) is 4.87. The highest BCUT2D eigenvalue weighted by Gasteiger charge is 2.28. The van der Waals surface area contributed by atoms with Gasteiger partial charge in [-0.1, -0.05) is 19.0 Å². The number of nitrogens with zero attached hydrogens (tertiary/aromatic N) is 7. The van der Waals surface area contributed by atoms with Crippen LogP contribution in [0.1, 0.15) is 50.9 Å². The number of aromatic nitrogens is 5. The molecule has 1 saturated heterocycles. The summed E-state index contributed by atoms with van der Waals surface area (Å²) in [6.45, 7) is 7.81. The van der Waals surface area contributed by atoms with Crippen molar-refractivity contribution < 1.29 is 13.7 Å². The van der Waals surface area contributed by atoms with E-state index in [0.29, 0.717) is 33.3 Å². The zero-order chi connectivity index (χ0) is 23.8. The minimum absolute atomic E-state index is 0.0117. The second kappa shape index (κ2) is 9.02. The molecule has 0 unspecified atom stereocenters. The lowest BCUT2D eigenvalue weighted by Crippen LogP contribution is -2.38. The molecular formula is C23H24FN7O2S. The molecule has 4 heterocycles. The number of piperidine rings is 1. The monoisotopic (exact) mass is 481 g/mol. The van der Waals surface area contributed by atoms with Gasteiger partial charge in [-0.05, 0) is 55.2 Å². The Bertz CT molecular complexity index is 1320. The van der Waals surface area contributed by atoms with Crippen molar-refractivity contribution in [1.82, 2.24) is 24.7 Å². The van der Waals surface area contributed by atoms with E-state index in [4.69, 9.17) is 14.5 Å². The Labute approximate surface area is 199 Å². The molecule has 1 fully saturated rings. The number of imidazole rings is 1. The zero-order valence-corrected chi connectivity index (χ0v) is 19.9. The highest BCUT2D eigenvalue weighted by atomic mass is 32.1. The standard InChI is InChI=1S/C23H24FN7O2S/c1-13(2)20-27-21(33-29-20)30-8-6-16(7-9-30)14(3)32-23-28-31-12-19(26-22(31)34-23)17-5-4-15(11-25)10-18(17)24/h4-5,10,12-14,16H,6-9H2,1-3H3/t14-/m0/s1. The molecule has 1 aliphatic rings. The molecule has 1 aliphatic heterocycles. The summed E-state index contributed by atoms with van der Waals surface area (Å²) >= 11 is 1.32. The minimum Gasteiger partial charge on any atom is -0.466 e. The molecule has 3 aromatic heterocycles. The van der Waals surface area contributed by atoms with E-state index < -0.39 is 5.82 Å². The van der Waals surface area contributed by atoms with Crippen molar-refractivity contribution in [2.45, 2.75) is 45.6 Å². The highest BCUT2D eigenvalue weighted by Crippen LogP contribution is 2.31. The number of benzene rings is 1. The third-order valence-electron chi connectivity index (χ3n) is 6.11. The summed E-state index contributed by atoms with van der Waals surface area (Å²) in [5, 5.41) is 18.0. The fourth-order valence-electron chi connectivity index (χ4n) is 4.06. The number of ether oxygens (including phenoxy) is 1. The van der Waals surface area contributed by atoms with Crippen LogP contribution in [0.25, 0.3) is 16.2 Å². The van der Waals surface area contributed by atoms with Crippen LogP contribution < -0.4 is 9.64 Å². The van der Waals surface area contributed by atoms with Gasteiger partial charge < -0.3 is 14.2 Å². The van der Waals surface area contributed by atoms with Crippen molar-refractivity contribution in [3.05, 3.63) is 41.6 Å². The molecule has 4 aromatic rings. The van der Waals surface area contributed by atoms with Gasteiger partial charge in [0.25, 0.3) is 5.19 Å². The molecule has 9 nitrogen and oxygen atoms in total. The molecule has 1 aromatic carbocycles. The summed E-state index contributed by atoms with van der Waals surface area (Å²) in [5.41, 5.74) is 1.07. The van der Waals surface area contributed by atoms with Gasteiger partial charge in [0.1, 0.15) is 11.9 Å². The van der Waals surface area contributed by atoms with Crippen LogP contribution in [-0.2, 0) is 0 Å². The van der Waals surface area contributed by atoms with Gasteiger partial charge in [0.05, 0.1) is 23.5 Å². The third kappa shape index (κ3) is 4.33. The molecular weight excluding hydrogens is 457 g/mol. The van der Waals surface area contributed by atoms with Gasteiger partial charge in [0, 0.05) is 24.6 Å². The van der Waals surface area contributed by atoms with Crippen LogP contribution in [0.2, 0.25) is 0 Å². The average Bonchev–Trinajstić information content (AvgIpc) is 3.54. The van der Waals surface area contributed by atoms with Gasteiger partial charge in [0.15, 0.2) is 5.82 Å². The Morgan fingerprint density at radius 1 is 1.24 bits per heavy atom. The molecule has 0 bridgehead atoms. The van der Waals surface area contributed by atoms with E-state index in [9.17, 15) is 4.39 Å². The molecule has 1 atom stereocenters. The molecule has 0 saturated carbocycles. The number of nitriles is 1. The maximum absolute atomic E-state index is 14.3. The second-order valence-electron chi connectivity index (χ2n) is 8.76. The van der Waals surface area contributed by atoms with E-state index >= 15 is 0 Å². The number of halogens is 1. The first-order valence-electron chi connectivity index (χ1n) is 11.2. The Hall–Kier alpha value is -3.52. The number of fused-ring (bicyclic) bond motifs is 1. The number of hydrogen-bond acceptors (Lipinski definition) is 9. The Morgan fingerprint density at radius 2 is 2.03 bits per heavy atom. The quantitative estimate of drug-likeness (QED) is 0.392. The lowest BCUT2D eigenvalue weighted by molar-refractivity contribution is 0.130. The molecule has 11 heteroatoms. The maximum atomic E-state index is 14.3. The minimum atomic E-state index is -0.484. The predicted molar refractivity (Wildman–Crippen MR) is 124 cm³/mol. The van der Waals surface area contributed by atoms with E-state index in [1.54, 1.807) is 22.8 Å². The van der Waals surface area contributed by atoms with Crippen LogP contribution in [0.5, 0.6) is 5.19 Å². The Kier molecular flexibility index (Phi) is 5.91. The van der Waals surface area contributed by atoms with E-state index in [-0.39, 0.29) is 17.6 Å². The molecule has 176 valence electrons. The summed E-state index contributed by atoms with van der Waals surface area (Å²) in [4.78, 5) is 11.7. The number of rotatable bonds is 6. The van der Waals surface area contributed by atoms with Gasteiger partial charge in [-0.25, -0.2) is 13.9 Å². The van der Waals surface area contributed by atoms with Crippen molar-refractivity contribution >= 4 is 22.3 Å². The van der Waals surface area contributed by atoms with E-state index in [1.165, 1.54) is 17.4 Å². The Balaban J connectivity index is 1.21. The van der Waals surface area contributed by atoms with Crippen LogP contribution in [0, 0.1) is 23.1 Å². The molecule has 34 heavy (non-hydrogen) atoms. The van der Waals surface area contributed by atoms with Crippen molar-refractivity contribution in [2.75, 3.05) is 18.0 Å². The lowest BCUT2D eigenvalue weighted by Gasteiger charge is -2.33. The summed E-state index contributed by atoms with van der Waals surface area (Å²) in [7, 11) is 0. The normalized spacial score (nSPS) is 15.7. The average molecular weight is 482 g/mol. The maximum Gasteiger partial charge on any atom is 0.324 e. The van der Waals surface area contributed by atoms with Crippen molar-refractivity contribution in [3.8, 4) is 22.5 Å². The number of hydrogen-bond donors (Lipinski definition) is 0. The first kappa shape index (κ1) is 22.3. The molecule has 0 N–H and O–H groups in total. The lowest BCUT2D eigenvalue weighted by atomic mass is 9.92. The summed E-state index contributed by atoms with van der Waals surface area (Å²) in [6.07, 6.45) is 3.56. The van der Waals surface area contributed by atoms with Crippen LogP contribution >= 0.6 is 11.3 Å². The zero-order valence-electron chi connectivity index (χ0n) is 19.1. The van der Waals surface area contributed by atoms with Gasteiger partial charge >= 0.3 is 6.01 Å². The van der Waals surface area contributed by atoms with Gasteiger partial charge in [0.2, 0.25) is 4.96 Å².